The van der Waals surface area contributed by atoms with Gasteiger partial charge in [0.15, 0.2) is 0 Å². The van der Waals surface area contributed by atoms with Crippen LogP contribution in [0.15, 0.2) is 24.3 Å². The van der Waals surface area contributed by atoms with Gasteiger partial charge in [0.2, 0.25) is 5.91 Å². The largest absolute Gasteiger partial charge is 0.350 e. The first-order chi connectivity index (χ1) is 7.49. The Balaban J connectivity index is 2.58. The fraction of sp³-hybridized carbons (Fsp3) is 0.417. The molecule has 0 aliphatic rings. The van der Waals surface area contributed by atoms with E-state index in [1.807, 2.05) is 6.92 Å². The summed E-state index contributed by atoms with van der Waals surface area (Å²) in [7, 11) is 0. The molecule has 16 heavy (non-hydrogen) atoms. The van der Waals surface area contributed by atoms with Crippen LogP contribution in [0.2, 0.25) is 0 Å². The van der Waals surface area contributed by atoms with Gasteiger partial charge >= 0.3 is 0 Å². The van der Waals surface area contributed by atoms with Gasteiger partial charge in [0.25, 0.3) is 0 Å². The number of hydrogen-bond acceptors (Lipinski definition) is 2. The van der Waals surface area contributed by atoms with Crippen LogP contribution in [0.3, 0.4) is 0 Å². The molecule has 0 aromatic heterocycles. The third kappa shape index (κ3) is 3.98. The highest BCUT2D eigenvalue weighted by Crippen LogP contribution is 2.13. The van der Waals surface area contributed by atoms with Crippen molar-refractivity contribution in [1.82, 2.24) is 5.32 Å². The number of amides is 1. The number of carbonyl (C=O) groups excluding carboxylic acids is 1. The lowest BCUT2D eigenvalue weighted by Crippen LogP contribution is -2.31. The molecule has 0 bridgehead atoms. The second-order valence-corrected chi connectivity index (χ2v) is 4.03. The van der Waals surface area contributed by atoms with Crippen molar-refractivity contribution in [3.63, 3.8) is 0 Å². The zero-order valence-electron chi connectivity index (χ0n) is 9.53. The maximum absolute atomic E-state index is 12.9. The number of carbonyl (C=O) groups is 1. The van der Waals surface area contributed by atoms with Crippen LogP contribution in [-0.2, 0) is 4.79 Å². The molecule has 1 rings (SSSR count). The summed E-state index contributed by atoms with van der Waals surface area (Å²) in [6.07, 6.45) is 0.277. The molecule has 0 saturated heterocycles. The summed E-state index contributed by atoms with van der Waals surface area (Å²) >= 11 is 0. The van der Waals surface area contributed by atoms with Crippen molar-refractivity contribution in [2.24, 2.45) is 5.73 Å². The Morgan fingerprint density at radius 2 is 2.19 bits per heavy atom. The number of halogens is 1. The van der Waals surface area contributed by atoms with E-state index in [-0.39, 0.29) is 30.2 Å². The van der Waals surface area contributed by atoms with E-state index in [0.29, 0.717) is 0 Å². The van der Waals surface area contributed by atoms with Gasteiger partial charge in [-0.2, -0.15) is 0 Å². The fourth-order valence-corrected chi connectivity index (χ4v) is 1.45. The normalized spacial score (nSPS) is 14.2. The van der Waals surface area contributed by atoms with E-state index in [2.05, 4.69) is 5.32 Å². The van der Waals surface area contributed by atoms with Crippen LogP contribution < -0.4 is 11.1 Å². The quantitative estimate of drug-likeness (QED) is 0.818. The monoisotopic (exact) mass is 224 g/mol. The number of nitrogens with one attached hydrogen (secondary N) is 1. The van der Waals surface area contributed by atoms with Gasteiger partial charge in [-0.05, 0) is 31.5 Å². The molecule has 3 nitrogen and oxygen atoms in total. The van der Waals surface area contributed by atoms with Gasteiger partial charge in [0.1, 0.15) is 5.82 Å². The highest BCUT2D eigenvalue weighted by Gasteiger charge is 2.11. The summed E-state index contributed by atoms with van der Waals surface area (Å²) in [6.45, 7) is 3.58. The predicted molar refractivity (Wildman–Crippen MR) is 61.2 cm³/mol. The lowest BCUT2D eigenvalue weighted by Gasteiger charge is -2.15. The third-order valence-electron chi connectivity index (χ3n) is 2.23. The predicted octanol–water partition coefficient (Wildman–Crippen LogP) is 1.74. The SMILES string of the molecule is CC(N)CC(=O)NC(C)c1cccc(F)c1. The first kappa shape index (κ1) is 12.6. The van der Waals surface area contributed by atoms with Crippen molar-refractivity contribution in [3.8, 4) is 0 Å². The Morgan fingerprint density at radius 1 is 1.50 bits per heavy atom. The molecule has 1 aromatic rings. The molecular formula is C12H17FN2O. The molecule has 2 unspecified atom stereocenters. The third-order valence-corrected chi connectivity index (χ3v) is 2.23. The highest BCUT2D eigenvalue weighted by molar-refractivity contribution is 5.76. The molecular weight excluding hydrogens is 207 g/mol. The first-order valence-electron chi connectivity index (χ1n) is 5.29. The van der Waals surface area contributed by atoms with Crippen molar-refractivity contribution in [2.45, 2.75) is 32.4 Å². The van der Waals surface area contributed by atoms with Gasteiger partial charge in [-0.1, -0.05) is 12.1 Å². The Bertz CT molecular complexity index is 366. The molecule has 0 fully saturated rings. The van der Waals surface area contributed by atoms with Crippen LogP contribution in [0.4, 0.5) is 4.39 Å². The molecule has 3 N–H and O–H groups in total. The Kier molecular flexibility index (Phi) is 4.43. The summed E-state index contributed by atoms with van der Waals surface area (Å²) in [6, 6.07) is 5.82. The standard InChI is InChI=1S/C12H17FN2O/c1-8(14)6-12(16)15-9(2)10-4-3-5-11(13)7-10/h3-5,7-9H,6,14H2,1-2H3,(H,15,16). The van der Waals surface area contributed by atoms with Gasteiger partial charge < -0.3 is 11.1 Å². The van der Waals surface area contributed by atoms with Crippen molar-refractivity contribution in [2.75, 3.05) is 0 Å². The Hall–Kier alpha value is -1.42. The first-order valence-corrected chi connectivity index (χ1v) is 5.29. The van der Waals surface area contributed by atoms with Crippen LogP contribution >= 0.6 is 0 Å². The van der Waals surface area contributed by atoms with E-state index >= 15 is 0 Å². The molecule has 4 heteroatoms. The van der Waals surface area contributed by atoms with Crippen LogP contribution in [0.25, 0.3) is 0 Å². The second-order valence-electron chi connectivity index (χ2n) is 4.03. The molecule has 0 saturated carbocycles. The molecule has 1 aromatic carbocycles. The molecule has 0 spiro atoms. The van der Waals surface area contributed by atoms with E-state index in [1.165, 1.54) is 12.1 Å². The molecule has 0 radical (unpaired) electrons. The zero-order valence-corrected chi connectivity index (χ0v) is 9.53. The average molecular weight is 224 g/mol. The highest BCUT2D eigenvalue weighted by atomic mass is 19.1. The van der Waals surface area contributed by atoms with Gasteiger partial charge in [0, 0.05) is 12.5 Å². The summed E-state index contributed by atoms with van der Waals surface area (Å²) in [5.74, 6) is -0.419. The van der Waals surface area contributed by atoms with E-state index in [0.717, 1.165) is 5.56 Å². The van der Waals surface area contributed by atoms with E-state index in [4.69, 9.17) is 5.73 Å². The van der Waals surface area contributed by atoms with Crippen molar-refractivity contribution < 1.29 is 9.18 Å². The minimum Gasteiger partial charge on any atom is -0.350 e. The van der Waals surface area contributed by atoms with Crippen LogP contribution in [0, 0.1) is 5.82 Å². The van der Waals surface area contributed by atoms with E-state index in [9.17, 15) is 9.18 Å². The number of benzene rings is 1. The lowest BCUT2D eigenvalue weighted by molar-refractivity contribution is -0.122. The van der Waals surface area contributed by atoms with Gasteiger partial charge in [-0.25, -0.2) is 4.39 Å². The lowest BCUT2D eigenvalue weighted by atomic mass is 10.1. The Labute approximate surface area is 94.8 Å². The van der Waals surface area contributed by atoms with E-state index in [1.54, 1.807) is 19.1 Å². The fourth-order valence-electron chi connectivity index (χ4n) is 1.45. The van der Waals surface area contributed by atoms with Crippen LogP contribution in [0.1, 0.15) is 31.9 Å². The smallest absolute Gasteiger partial charge is 0.222 e. The van der Waals surface area contributed by atoms with Gasteiger partial charge in [0.05, 0.1) is 6.04 Å². The van der Waals surface area contributed by atoms with Crippen LogP contribution in [-0.4, -0.2) is 11.9 Å². The van der Waals surface area contributed by atoms with Crippen molar-refractivity contribution in [3.05, 3.63) is 35.6 Å². The minimum atomic E-state index is -0.300. The van der Waals surface area contributed by atoms with E-state index < -0.39 is 0 Å². The molecule has 88 valence electrons. The van der Waals surface area contributed by atoms with Crippen molar-refractivity contribution in [1.29, 1.82) is 0 Å². The maximum Gasteiger partial charge on any atom is 0.222 e. The van der Waals surface area contributed by atoms with Crippen molar-refractivity contribution >= 4 is 5.91 Å². The molecule has 1 amide bonds. The summed E-state index contributed by atoms with van der Waals surface area (Å²) in [5.41, 5.74) is 6.26. The summed E-state index contributed by atoms with van der Waals surface area (Å²) < 4.78 is 12.9. The second kappa shape index (κ2) is 5.61. The summed E-state index contributed by atoms with van der Waals surface area (Å²) in [4.78, 5) is 11.4. The van der Waals surface area contributed by atoms with Gasteiger partial charge in [-0.3, -0.25) is 4.79 Å². The maximum atomic E-state index is 12.9. The summed E-state index contributed by atoms with van der Waals surface area (Å²) in [5, 5.41) is 2.77. The molecule has 2 atom stereocenters. The molecule has 0 aliphatic heterocycles. The van der Waals surface area contributed by atoms with Crippen LogP contribution in [0.5, 0.6) is 0 Å². The number of hydrogen-bond donors (Lipinski definition) is 2. The number of nitrogens with two attached hydrogens (primary N) is 1. The number of rotatable bonds is 4. The molecule has 0 aliphatic carbocycles. The molecule has 0 heterocycles. The Morgan fingerprint density at radius 3 is 2.75 bits per heavy atom. The minimum absolute atomic E-state index is 0.119. The topological polar surface area (TPSA) is 55.1 Å². The van der Waals surface area contributed by atoms with Gasteiger partial charge in [-0.15, -0.1) is 0 Å². The average Bonchev–Trinajstić information content (AvgIpc) is 2.16. The zero-order chi connectivity index (χ0) is 12.1.